The molecule has 0 aliphatic heterocycles. The predicted octanol–water partition coefficient (Wildman–Crippen LogP) is 4.50. The summed E-state index contributed by atoms with van der Waals surface area (Å²) in [7, 11) is 1.54. The molecule has 0 aliphatic carbocycles. The normalized spacial score (nSPS) is 11.4. The largest absolute Gasteiger partial charge is 0.497 e. The number of ether oxygens (including phenoxy) is 1. The van der Waals surface area contributed by atoms with E-state index >= 15 is 0 Å². The average Bonchev–Trinajstić information content (AvgIpc) is 2.99. The molecule has 0 bridgehead atoms. The van der Waals surface area contributed by atoms with E-state index in [1.165, 1.54) is 0 Å². The quantitative estimate of drug-likeness (QED) is 0.452. The molecule has 2 rings (SSSR count). The van der Waals surface area contributed by atoms with Crippen molar-refractivity contribution >= 4 is 28.8 Å². The molecular formula is C18H18ClN5O. The van der Waals surface area contributed by atoms with Crippen molar-refractivity contribution in [1.82, 2.24) is 15.2 Å². The van der Waals surface area contributed by atoms with Gasteiger partial charge in [0.2, 0.25) is 0 Å². The third-order valence-electron chi connectivity index (χ3n) is 3.38. The number of pyridine rings is 1. The molecule has 6 nitrogen and oxygen atoms in total. The van der Waals surface area contributed by atoms with Crippen molar-refractivity contribution in [3.05, 3.63) is 64.7 Å². The molecule has 2 heterocycles. The minimum atomic E-state index is 0.119. The molecule has 0 aromatic carbocycles. The van der Waals surface area contributed by atoms with Gasteiger partial charge in [-0.2, -0.15) is 10.4 Å². The Labute approximate surface area is 151 Å². The lowest BCUT2D eigenvalue weighted by Crippen LogP contribution is -1.99. The zero-order valence-corrected chi connectivity index (χ0v) is 15.0. The fourth-order valence-electron chi connectivity index (χ4n) is 2.12. The Morgan fingerprint density at radius 3 is 2.72 bits per heavy atom. The maximum absolute atomic E-state index is 9.45. The molecule has 0 aliphatic rings. The number of aryl methyl sites for hydroxylation is 1. The number of H-pyrrole nitrogens is 1. The standard InChI is InChI=1S/C18H18ClN5O/c1-5-13(7-6-12(3)25-4)14-9-16(22-18(19)15(14)10-20)21-17-8-11(2)23-24-17/h5-9H,3H2,1-2,4H3,(H2,21,22,23,24)/b7-6-,13-5+. The summed E-state index contributed by atoms with van der Waals surface area (Å²) in [4.78, 5) is 4.22. The van der Waals surface area contributed by atoms with Crippen LogP contribution in [0, 0.1) is 18.3 Å². The van der Waals surface area contributed by atoms with Gasteiger partial charge in [-0.1, -0.05) is 30.3 Å². The van der Waals surface area contributed by atoms with Gasteiger partial charge < -0.3 is 10.1 Å². The molecule has 2 aromatic heterocycles. The van der Waals surface area contributed by atoms with E-state index in [2.05, 4.69) is 33.1 Å². The van der Waals surface area contributed by atoms with Gasteiger partial charge in [-0.05, 0) is 31.6 Å². The van der Waals surface area contributed by atoms with Crippen molar-refractivity contribution in [1.29, 1.82) is 5.26 Å². The van der Waals surface area contributed by atoms with E-state index in [0.717, 1.165) is 11.3 Å². The number of hydrogen-bond acceptors (Lipinski definition) is 5. The van der Waals surface area contributed by atoms with E-state index in [1.807, 2.05) is 26.0 Å². The van der Waals surface area contributed by atoms with Crippen molar-refractivity contribution < 1.29 is 4.74 Å². The summed E-state index contributed by atoms with van der Waals surface area (Å²) in [5, 5.41) is 19.6. The van der Waals surface area contributed by atoms with E-state index in [9.17, 15) is 5.26 Å². The molecule has 128 valence electrons. The molecule has 0 radical (unpaired) electrons. The molecule has 7 heteroatoms. The molecule has 0 atom stereocenters. The van der Waals surface area contributed by atoms with Gasteiger partial charge in [-0.3, -0.25) is 5.10 Å². The summed E-state index contributed by atoms with van der Waals surface area (Å²) in [5.41, 5.74) is 2.66. The number of hydrogen-bond donors (Lipinski definition) is 2. The van der Waals surface area contributed by atoms with Gasteiger partial charge in [0.1, 0.15) is 22.8 Å². The number of aromatic amines is 1. The Hall–Kier alpha value is -3.04. The van der Waals surface area contributed by atoms with Crippen LogP contribution in [0.2, 0.25) is 5.15 Å². The average molecular weight is 356 g/mol. The van der Waals surface area contributed by atoms with Crippen LogP contribution in [0.15, 0.2) is 42.7 Å². The van der Waals surface area contributed by atoms with E-state index in [4.69, 9.17) is 16.3 Å². The number of anilines is 2. The SMILES string of the molecule is C=C(/C=C\C(=C/C)c1cc(Nc2cc(C)[nH]n2)nc(Cl)c1C#N)OC. The number of nitrogens with zero attached hydrogens (tertiary/aromatic N) is 3. The van der Waals surface area contributed by atoms with Crippen molar-refractivity contribution in [2.24, 2.45) is 0 Å². The van der Waals surface area contributed by atoms with Crippen LogP contribution >= 0.6 is 11.6 Å². The third-order valence-corrected chi connectivity index (χ3v) is 3.66. The summed E-state index contributed by atoms with van der Waals surface area (Å²) < 4.78 is 5.03. The monoisotopic (exact) mass is 355 g/mol. The second-order valence-electron chi connectivity index (χ2n) is 5.14. The number of allylic oxidation sites excluding steroid dienone is 4. The maximum atomic E-state index is 9.45. The first-order valence-corrected chi connectivity index (χ1v) is 7.83. The highest BCUT2D eigenvalue weighted by Crippen LogP contribution is 2.29. The molecule has 2 N–H and O–H groups in total. The Balaban J connectivity index is 2.46. The fraction of sp³-hybridized carbons (Fsp3) is 0.167. The topological polar surface area (TPSA) is 86.6 Å². The number of halogens is 1. The Kier molecular flexibility index (Phi) is 5.98. The zero-order valence-electron chi connectivity index (χ0n) is 14.2. The molecular weight excluding hydrogens is 338 g/mol. The number of rotatable bonds is 6. The summed E-state index contributed by atoms with van der Waals surface area (Å²) in [6.07, 6.45) is 5.39. The van der Waals surface area contributed by atoms with E-state index < -0.39 is 0 Å². The van der Waals surface area contributed by atoms with Crippen LogP contribution in [-0.2, 0) is 4.74 Å². The zero-order chi connectivity index (χ0) is 18.4. The highest BCUT2D eigenvalue weighted by molar-refractivity contribution is 6.31. The molecule has 0 fully saturated rings. The lowest BCUT2D eigenvalue weighted by atomic mass is 10.0. The molecule has 2 aromatic rings. The lowest BCUT2D eigenvalue weighted by molar-refractivity contribution is 0.309. The molecule has 0 unspecified atom stereocenters. The van der Waals surface area contributed by atoms with Gasteiger partial charge in [0.25, 0.3) is 0 Å². The smallest absolute Gasteiger partial charge is 0.153 e. The van der Waals surface area contributed by atoms with Gasteiger partial charge >= 0.3 is 0 Å². The van der Waals surface area contributed by atoms with Crippen LogP contribution < -0.4 is 5.32 Å². The van der Waals surface area contributed by atoms with Crippen LogP contribution in [0.1, 0.15) is 23.7 Å². The van der Waals surface area contributed by atoms with Crippen molar-refractivity contribution in [3.63, 3.8) is 0 Å². The maximum Gasteiger partial charge on any atom is 0.153 e. The second kappa shape index (κ2) is 8.18. The second-order valence-corrected chi connectivity index (χ2v) is 5.50. The number of methoxy groups -OCH3 is 1. The Bertz CT molecular complexity index is 889. The van der Waals surface area contributed by atoms with E-state index in [-0.39, 0.29) is 5.15 Å². The van der Waals surface area contributed by atoms with Crippen LogP contribution in [0.4, 0.5) is 11.6 Å². The van der Waals surface area contributed by atoms with Crippen molar-refractivity contribution in [3.8, 4) is 6.07 Å². The van der Waals surface area contributed by atoms with E-state index in [0.29, 0.717) is 28.5 Å². The van der Waals surface area contributed by atoms with Crippen LogP contribution in [0.3, 0.4) is 0 Å². The van der Waals surface area contributed by atoms with Gasteiger partial charge in [0.05, 0.1) is 12.7 Å². The number of nitrogens with one attached hydrogen (secondary N) is 2. The Morgan fingerprint density at radius 2 is 2.16 bits per heavy atom. The first kappa shape index (κ1) is 18.3. The summed E-state index contributed by atoms with van der Waals surface area (Å²) in [5.74, 6) is 1.61. The van der Waals surface area contributed by atoms with Gasteiger partial charge in [-0.15, -0.1) is 0 Å². The highest BCUT2D eigenvalue weighted by atomic mass is 35.5. The number of aromatic nitrogens is 3. The fourth-order valence-corrected chi connectivity index (χ4v) is 2.35. The minimum absolute atomic E-state index is 0.119. The molecule has 0 spiro atoms. The first-order valence-electron chi connectivity index (χ1n) is 7.45. The molecule has 25 heavy (non-hydrogen) atoms. The number of nitriles is 1. The van der Waals surface area contributed by atoms with Crippen LogP contribution in [-0.4, -0.2) is 22.3 Å². The summed E-state index contributed by atoms with van der Waals surface area (Å²) in [6.45, 7) is 7.51. The van der Waals surface area contributed by atoms with Crippen molar-refractivity contribution in [2.75, 3.05) is 12.4 Å². The third kappa shape index (κ3) is 4.49. The first-order chi connectivity index (χ1) is 12.0. The van der Waals surface area contributed by atoms with Gasteiger partial charge in [0.15, 0.2) is 5.82 Å². The van der Waals surface area contributed by atoms with Gasteiger partial charge in [-0.25, -0.2) is 4.98 Å². The highest BCUT2D eigenvalue weighted by Gasteiger charge is 2.14. The van der Waals surface area contributed by atoms with Crippen molar-refractivity contribution in [2.45, 2.75) is 13.8 Å². The van der Waals surface area contributed by atoms with Gasteiger partial charge in [0, 0.05) is 17.3 Å². The predicted molar refractivity (Wildman–Crippen MR) is 99.5 cm³/mol. The summed E-state index contributed by atoms with van der Waals surface area (Å²) in [6, 6.07) is 5.70. The lowest BCUT2D eigenvalue weighted by Gasteiger charge is -2.10. The van der Waals surface area contributed by atoms with Crippen LogP contribution in [0.25, 0.3) is 5.57 Å². The molecule has 0 amide bonds. The minimum Gasteiger partial charge on any atom is -0.497 e. The molecule has 0 saturated carbocycles. The summed E-state index contributed by atoms with van der Waals surface area (Å²) >= 11 is 6.20. The Morgan fingerprint density at radius 1 is 1.40 bits per heavy atom. The van der Waals surface area contributed by atoms with E-state index in [1.54, 1.807) is 25.3 Å². The molecule has 0 saturated heterocycles. The van der Waals surface area contributed by atoms with Crippen LogP contribution in [0.5, 0.6) is 0 Å².